The molecule has 6 heteroatoms. The predicted octanol–water partition coefficient (Wildman–Crippen LogP) is 4.67. The molecule has 0 aliphatic rings. The maximum atomic E-state index is 12.5. The molecule has 0 fully saturated rings. The first-order chi connectivity index (χ1) is 14.0. The minimum atomic E-state index is -0.451. The van der Waals surface area contributed by atoms with Gasteiger partial charge in [-0.2, -0.15) is 5.10 Å². The predicted molar refractivity (Wildman–Crippen MR) is 116 cm³/mol. The van der Waals surface area contributed by atoms with Gasteiger partial charge in [0.25, 0.3) is 0 Å². The Balaban J connectivity index is 1.70. The van der Waals surface area contributed by atoms with Gasteiger partial charge in [-0.05, 0) is 42.3 Å². The quantitative estimate of drug-likeness (QED) is 0.256. The van der Waals surface area contributed by atoms with Crippen molar-refractivity contribution in [3.63, 3.8) is 0 Å². The maximum absolute atomic E-state index is 12.5. The smallest absolute Gasteiger partial charge is 0.343 e. The monoisotopic (exact) mass is 450 g/mol. The number of amides is 1. The van der Waals surface area contributed by atoms with E-state index in [9.17, 15) is 9.59 Å². The van der Waals surface area contributed by atoms with E-state index < -0.39 is 5.97 Å². The Bertz CT molecular complexity index is 1050. The molecule has 5 nitrogen and oxygen atoms in total. The summed E-state index contributed by atoms with van der Waals surface area (Å²) in [7, 11) is 0. The third kappa shape index (κ3) is 5.86. The van der Waals surface area contributed by atoms with Gasteiger partial charge in [0.15, 0.2) is 0 Å². The molecule has 0 unspecified atom stereocenters. The first-order valence-corrected chi connectivity index (χ1v) is 9.75. The Morgan fingerprint density at radius 2 is 1.76 bits per heavy atom. The van der Waals surface area contributed by atoms with Crippen LogP contribution in [0.25, 0.3) is 0 Å². The molecule has 29 heavy (non-hydrogen) atoms. The van der Waals surface area contributed by atoms with Gasteiger partial charge < -0.3 is 4.74 Å². The number of ether oxygens (including phenoxy) is 1. The van der Waals surface area contributed by atoms with Crippen LogP contribution in [0.2, 0.25) is 0 Å². The summed E-state index contributed by atoms with van der Waals surface area (Å²) in [5.74, 6) is -0.336. The van der Waals surface area contributed by atoms with E-state index in [4.69, 9.17) is 4.74 Å². The third-order valence-corrected chi connectivity index (χ3v) is 4.63. The summed E-state index contributed by atoms with van der Waals surface area (Å²) in [5.41, 5.74) is 5.28. The van der Waals surface area contributed by atoms with Crippen LogP contribution < -0.4 is 10.2 Å². The number of halogens is 1. The molecule has 0 aromatic heterocycles. The highest BCUT2D eigenvalue weighted by Gasteiger charge is 2.13. The number of hydrogen-bond acceptors (Lipinski definition) is 4. The molecule has 1 amide bonds. The lowest BCUT2D eigenvalue weighted by Gasteiger charge is -2.09. The number of carbonyl (C=O) groups excluding carboxylic acids is 2. The van der Waals surface area contributed by atoms with Crippen molar-refractivity contribution in [3.05, 3.63) is 99.5 Å². The van der Waals surface area contributed by atoms with Crippen LogP contribution in [0, 0.1) is 6.92 Å². The summed E-state index contributed by atoms with van der Waals surface area (Å²) in [6, 6.07) is 21.8. The molecule has 0 spiro atoms. The van der Waals surface area contributed by atoms with Crippen molar-refractivity contribution in [3.8, 4) is 5.75 Å². The van der Waals surface area contributed by atoms with E-state index in [2.05, 4.69) is 26.5 Å². The van der Waals surface area contributed by atoms with Crippen molar-refractivity contribution in [1.82, 2.24) is 5.43 Å². The van der Waals surface area contributed by atoms with Crippen molar-refractivity contribution in [1.29, 1.82) is 0 Å². The first kappa shape index (κ1) is 20.5. The molecule has 3 rings (SSSR count). The SMILES string of the molecule is Cc1ccccc1C(=O)Oc1ccc(Br)cc1/C=N/NC(=O)Cc1ccccc1. The summed E-state index contributed by atoms with van der Waals surface area (Å²) >= 11 is 3.39. The van der Waals surface area contributed by atoms with Crippen LogP contribution in [0.3, 0.4) is 0 Å². The summed E-state index contributed by atoms with van der Waals surface area (Å²) in [6.45, 7) is 1.85. The molecule has 0 heterocycles. The van der Waals surface area contributed by atoms with E-state index in [1.165, 1.54) is 6.21 Å². The standard InChI is InChI=1S/C23H19BrN2O3/c1-16-7-5-6-10-20(16)23(28)29-21-12-11-19(24)14-18(21)15-25-26-22(27)13-17-8-3-2-4-9-17/h2-12,14-15H,13H2,1H3,(H,26,27)/b25-15+. The Morgan fingerprint density at radius 1 is 1.03 bits per heavy atom. The van der Waals surface area contributed by atoms with Gasteiger partial charge in [-0.3, -0.25) is 4.79 Å². The number of nitrogens with zero attached hydrogens (tertiary/aromatic N) is 1. The van der Waals surface area contributed by atoms with Gasteiger partial charge in [-0.25, -0.2) is 10.2 Å². The van der Waals surface area contributed by atoms with E-state index in [0.717, 1.165) is 15.6 Å². The van der Waals surface area contributed by atoms with Crippen molar-refractivity contribution in [2.24, 2.45) is 5.10 Å². The Hall–Kier alpha value is -3.25. The summed E-state index contributed by atoms with van der Waals surface area (Å²) in [6.07, 6.45) is 1.68. The number of hydrazone groups is 1. The molecular formula is C23H19BrN2O3. The number of carbonyl (C=O) groups is 2. The molecule has 0 saturated heterocycles. The Kier molecular flexibility index (Phi) is 6.92. The molecule has 146 valence electrons. The van der Waals surface area contributed by atoms with Crippen molar-refractivity contribution in [2.45, 2.75) is 13.3 Å². The second kappa shape index (κ2) is 9.80. The average molecular weight is 451 g/mol. The number of nitrogens with one attached hydrogen (secondary N) is 1. The molecule has 0 aliphatic carbocycles. The number of benzene rings is 3. The first-order valence-electron chi connectivity index (χ1n) is 8.96. The Labute approximate surface area is 177 Å². The minimum Gasteiger partial charge on any atom is -0.422 e. The van der Waals surface area contributed by atoms with Crippen LogP contribution in [0.1, 0.15) is 27.0 Å². The molecule has 1 N–H and O–H groups in total. The highest BCUT2D eigenvalue weighted by molar-refractivity contribution is 9.10. The van der Waals surface area contributed by atoms with Gasteiger partial charge in [-0.15, -0.1) is 0 Å². The minimum absolute atomic E-state index is 0.228. The van der Waals surface area contributed by atoms with Crippen molar-refractivity contribution in [2.75, 3.05) is 0 Å². The van der Waals surface area contributed by atoms with Gasteiger partial charge in [0.05, 0.1) is 18.2 Å². The van der Waals surface area contributed by atoms with E-state index in [0.29, 0.717) is 16.9 Å². The maximum Gasteiger partial charge on any atom is 0.343 e. The topological polar surface area (TPSA) is 67.8 Å². The highest BCUT2D eigenvalue weighted by Crippen LogP contribution is 2.23. The summed E-state index contributed by atoms with van der Waals surface area (Å²) in [5, 5.41) is 4.00. The lowest BCUT2D eigenvalue weighted by molar-refractivity contribution is -0.120. The van der Waals surface area contributed by atoms with Crippen LogP contribution in [0.5, 0.6) is 5.75 Å². The fourth-order valence-corrected chi connectivity index (χ4v) is 3.04. The zero-order valence-corrected chi connectivity index (χ0v) is 17.3. The zero-order valence-electron chi connectivity index (χ0n) is 15.8. The van der Waals surface area contributed by atoms with Crippen LogP contribution in [0.15, 0.2) is 82.4 Å². The molecule has 0 saturated carbocycles. The largest absolute Gasteiger partial charge is 0.422 e. The second-order valence-corrected chi connectivity index (χ2v) is 7.26. The summed E-state index contributed by atoms with van der Waals surface area (Å²) in [4.78, 5) is 24.5. The van der Waals surface area contributed by atoms with Gasteiger partial charge in [-0.1, -0.05) is 64.5 Å². The van der Waals surface area contributed by atoms with Gasteiger partial charge in [0.1, 0.15) is 5.75 Å². The normalized spacial score (nSPS) is 10.7. The van der Waals surface area contributed by atoms with Gasteiger partial charge >= 0.3 is 5.97 Å². The summed E-state index contributed by atoms with van der Waals surface area (Å²) < 4.78 is 6.35. The lowest BCUT2D eigenvalue weighted by Crippen LogP contribution is -2.19. The second-order valence-electron chi connectivity index (χ2n) is 6.34. The lowest BCUT2D eigenvalue weighted by atomic mass is 10.1. The average Bonchev–Trinajstić information content (AvgIpc) is 2.71. The Morgan fingerprint density at radius 3 is 2.52 bits per heavy atom. The van der Waals surface area contributed by atoms with E-state index in [-0.39, 0.29) is 12.3 Å². The van der Waals surface area contributed by atoms with Crippen LogP contribution in [-0.4, -0.2) is 18.1 Å². The number of aryl methyl sites for hydroxylation is 1. The fraction of sp³-hybridized carbons (Fsp3) is 0.0870. The zero-order chi connectivity index (χ0) is 20.6. The molecule has 0 radical (unpaired) electrons. The van der Waals surface area contributed by atoms with E-state index in [1.54, 1.807) is 30.3 Å². The van der Waals surface area contributed by atoms with Gasteiger partial charge in [0.2, 0.25) is 5.91 Å². The van der Waals surface area contributed by atoms with Crippen molar-refractivity contribution < 1.29 is 14.3 Å². The molecule has 0 atom stereocenters. The highest BCUT2D eigenvalue weighted by atomic mass is 79.9. The molecular weight excluding hydrogens is 432 g/mol. The molecule has 3 aromatic carbocycles. The van der Waals surface area contributed by atoms with E-state index >= 15 is 0 Å². The number of esters is 1. The van der Waals surface area contributed by atoms with Crippen LogP contribution in [0.4, 0.5) is 0 Å². The fourth-order valence-electron chi connectivity index (χ4n) is 2.66. The number of rotatable bonds is 6. The molecule has 3 aromatic rings. The number of hydrogen-bond donors (Lipinski definition) is 1. The third-order valence-electron chi connectivity index (χ3n) is 4.14. The molecule has 0 aliphatic heterocycles. The van der Waals surface area contributed by atoms with Crippen LogP contribution in [-0.2, 0) is 11.2 Å². The van der Waals surface area contributed by atoms with Crippen LogP contribution >= 0.6 is 15.9 Å². The van der Waals surface area contributed by atoms with Crippen molar-refractivity contribution >= 4 is 34.0 Å². The van der Waals surface area contributed by atoms with Gasteiger partial charge in [0, 0.05) is 10.0 Å². The van der Waals surface area contributed by atoms with E-state index in [1.807, 2.05) is 49.4 Å². The molecule has 0 bridgehead atoms.